The van der Waals surface area contributed by atoms with Gasteiger partial charge in [0.25, 0.3) is 5.91 Å². The Morgan fingerprint density at radius 2 is 2.19 bits per heavy atom. The van der Waals surface area contributed by atoms with E-state index >= 15 is 0 Å². The third kappa shape index (κ3) is 3.10. The summed E-state index contributed by atoms with van der Waals surface area (Å²) in [7, 11) is 1.80. The Bertz CT molecular complexity index is 935. The van der Waals surface area contributed by atoms with Gasteiger partial charge in [-0.05, 0) is 43.4 Å². The number of aromatic nitrogens is 3. The molecule has 6 nitrogen and oxygen atoms in total. The number of nitrogens with one attached hydrogen (secondary N) is 2. The van der Waals surface area contributed by atoms with Crippen molar-refractivity contribution in [3.63, 3.8) is 0 Å². The molecule has 0 aliphatic carbocycles. The van der Waals surface area contributed by atoms with Crippen LogP contribution in [-0.4, -0.2) is 26.9 Å². The van der Waals surface area contributed by atoms with Crippen molar-refractivity contribution in [1.29, 1.82) is 0 Å². The molecule has 2 aromatic heterocycles. The lowest BCUT2D eigenvalue weighted by atomic mass is 10.1. The molecule has 2 N–H and O–H groups in total. The molecule has 0 unspecified atom stereocenters. The van der Waals surface area contributed by atoms with Crippen molar-refractivity contribution in [3.8, 4) is 11.3 Å². The highest BCUT2D eigenvalue weighted by molar-refractivity contribution is 7.10. The smallest absolute Gasteiger partial charge is 0.260 e. The zero-order chi connectivity index (χ0) is 18.1. The normalized spacial score (nSPS) is 13.3. The van der Waals surface area contributed by atoms with Crippen molar-refractivity contribution in [1.82, 2.24) is 13.9 Å². The second-order valence-electron chi connectivity index (χ2n) is 6.45. The minimum atomic E-state index is -0.151. The molecule has 26 heavy (non-hydrogen) atoms. The molecule has 0 saturated carbocycles. The first-order chi connectivity index (χ1) is 12.7. The Morgan fingerprint density at radius 3 is 3.00 bits per heavy atom. The van der Waals surface area contributed by atoms with Crippen LogP contribution in [0.4, 0.5) is 10.7 Å². The highest BCUT2D eigenvalue weighted by Gasteiger charge is 2.18. The second kappa shape index (κ2) is 6.92. The zero-order valence-electron chi connectivity index (χ0n) is 14.9. The van der Waals surface area contributed by atoms with E-state index in [4.69, 9.17) is 4.98 Å². The van der Waals surface area contributed by atoms with Gasteiger partial charge >= 0.3 is 0 Å². The number of hydrogen-bond acceptors (Lipinski definition) is 5. The van der Waals surface area contributed by atoms with Crippen LogP contribution in [0.25, 0.3) is 11.3 Å². The number of aryl methyl sites for hydroxylation is 3. The average Bonchev–Trinajstić information content (AvgIpc) is 3.25. The predicted octanol–water partition coefficient (Wildman–Crippen LogP) is 3.95. The maximum Gasteiger partial charge on any atom is 0.260 e. The van der Waals surface area contributed by atoms with Gasteiger partial charge in [-0.25, -0.2) is 4.98 Å². The highest BCUT2D eigenvalue weighted by Crippen LogP contribution is 2.27. The first kappa shape index (κ1) is 16.8. The molecule has 3 aromatic rings. The van der Waals surface area contributed by atoms with Gasteiger partial charge < -0.3 is 15.2 Å². The molecule has 0 atom stereocenters. The first-order valence-electron chi connectivity index (χ1n) is 8.77. The predicted molar refractivity (Wildman–Crippen MR) is 105 cm³/mol. The molecule has 0 fully saturated rings. The van der Waals surface area contributed by atoms with Crippen molar-refractivity contribution < 1.29 is 4.79 Å². The van der Waals surface area contributed by atoms with Crippen molar-refractivity contribution in [2.24, 2.45) is 0 Å². The van der Waals surface area contributed by atoms with Gasteiger partial charge in [-0.2, -0.15) is 4.37 Å². The van der Waals surface area contributed by atoms with Gasteiger partial charge in [0.15, 0.2) is 0 Å². The van der Waals surface area contributed by atoms with Crippen LogP contribution in [0.5, 0.6) is 0 Å². The van der Waals surface area contributed by atoms with Crippen LogP contribution in [0.1, 0.15) is 34.7 Å². The van der Waals surface area contributed by atoms with Gasteiger partial charge in [0.05, 0.1) is 17.0 Å². The van der Waals surface area contributed by atoms with Gasteiger partial charge in [0.1, 0.15) is 10.8 Å². The Hall–Kier alpha value is -2.67. The molecule has 0 bridgehead atoms. The first-order valence-corrected chi connectivity index (χ1v) is 9.55. The van der Waals surface area contributed by atoms with Crippen molar-refractivity contribution in [2.75, 3.05) is 17.7 Å². The van der Waals surface area contributed by atoms with Gasteiger partial charge in [-0.15, -0.1) is 0 Å². The van der Waals surface area contributed by atoms with E-state index < -0.39 is 0 Å². The Kier molecular flexibility index (Phi) is 4.46. The van der Waals surface area contributed by atoms with E-state index in [1.165, 1.54) is 24.4 Å². The van der Waals surface area contributed by atoms with Gasteiger partial charge in [-0.3, -0.25) is 4.79 Å². The molecular formula is C19H21N5OS. The molecule has 0 radical (unpaired) electrons. The van der Waals surface area contributed by atoms with E-state index in [1.54, 1.807) is 7.05 Å². The van der Waals surface area contributed by atoms with E-state index in [-0.39, 0.29) is 5.91 Å². The summed E-state index contributed by atoms with van der Waals surface area (Å²) in [5.41, 5.74) is 4.06. The molecule has 4 rings (SSSR count). The molecule has 1 aliphatic rings. The fraction of sp³-hybridized carbons (Fsp3) is 0.316. The van der Waals surface area contributed by atoms with Crippen molar-refractivity contribution in [2.45, 2.75) is 32.7 Å². The third-order valence-corrected chi connectivity index (χ3v) is 5.60. The summed E-state index contributed by atoms with van der Waals surface area (Å²) in [6.45, 7) is 2.88. The number of anilines is 2. The number of carbonyl (C=O) groups excluding carboxylic acids is 1. The van der Waals surface area contributed by atoms with Crippen molar-refractivity contribution in [3.05, 3.63) is 47.5 Å². The summed E-state index contributed by atoms with van der Waals surface area (Å²) < 4.78 is 6.50. The standard InChI is InChI=1S/C19H21N5OS/c1-12-17(19(20-2)26-23-12)18(25)21-14-7-5-6-13(10-14)15-11-24-9-4-3-8-16(24)22-15/h5-7,10-11,20H,3-4,8-9H2,1-2H3,(H,21,25). The van der Waals surface area contributed by atoms with Crippen LogP contribution in [0.15, 0.2) is 30.5 Å². The summed E-state index contributed by atoms with van der Waals surface area (Å²) in [4.78, 5) is 17.4. The van der Waals surface area contributed by atoms with E-state index in [2.05, 4.69) is 25.8 Å². The summed E-state index contributed by atoms with van der Waals surface area (Å²) in [6, 6.07) is 7.84. The number of rotatable bonds is 4. The summed E-state index contributed by atoms with van der Waals surface area (Å²) in [5.74, 6) is 1.00. The van der Waals surface area contributed by atoms with Gasteiger partial charge in [0.2, 0.25) is 0 Å². The second-order valence-corrected chi connectivity index (χ2v) is 7.22. The molecule has 0 saturated heterocycles. The van der Waals surface area contributed by atoms with Crippen LogP contribution >= 0.6 is 11.5 Å². The minimum absolute atomic E-state index is 0.151. The number of hydrogen-bond donors (Lipinski definition) is 2. The van der Waals surface area contributed by atoms with Crippen LogP contribution < -0.4 is 10.6 Å². The Balaban J connectivity index is 1.59. The monoisotopic (exact) mass is 367 g/mol. The van der Waals surface area contributed by atoms with Crippen LogP contribution in [0.2, 0.25) is 0 Å². The molecule has 1 aromatic carbocycles. The number of amides is 1. The number of benzene rings is 1. The summed E-state index contributed by atoms with van der Waals surface area (Å²) in [5, 5.41) is 6.79. The number of fused-ring (bicyclic) bond motifs is 1. The lowest BCUT2D eigenvalue weighted by molar-refractivity contribution is 0.102. The molecule has 3 heterocycles. The average molecular weight is 367 g/mol. The molecule has 1 aliphatic heterocycles. The quantitative estimate of drug-likeness (QED) is 0.732. The van der Waals surface area contributed by atoms with Gasteiger partial charge in [-0.1, -0.05) is 12.1 Å². The maximum absolute atomic E-state index is 12.7. The maximum atomic E-state index is 12.7. The Morgan fingerprint density at radius 1 is 1.31 bits per heavy atom. The topological polar surface area (TPSA) is 71.8 Å². The zero-order valence-corrected chi connectivity index (χ0v) is 15.7. The number of nitrogens with zero attached hydrogens (tertiary/aromatic N) is 3. The van der Waals surface area contributed by atoms with E-state index in [9.17, 15) is 4.79 Å². The minimum Gasteiger partial charge on any atom is -0.378 e. The molecule has 134 valence electrons. The Labute approximate surface area is 156 Å². The van der Waals surface area contributed by atoms with Gasteiger partial charge in [0, 0.05) is 37.5 Å². The van der Waals surface area contributed by atoms with Crippen molar-refractivity contribution >= 4 is 28.1 Å². The van der Waals surface area contributed by atoms with E-state index in [0.29, 0.717) is 5.56 Å². The third-order valence-electron chi connectivity index (χ3n) is 4.64. The largest absolute Gasteiger partial charge is 0.378 e. The fourth-order valence-corrected chi connectivity index (χ4v) is 4.05. The number of carbonyl (C=O) groups is 1. The van der Waals surface area contributed by atoms with Crippen LogP contribution in [0.3, 0.4) is 0 Å². The molecule has 1 amide bonds. The lowest BCUT2D eigenvalue weighted by Gasteiger charge is -2.11. The van der Waals surface area contributed by atoms with Crippen LogP contribution in [0, 0.1) is 6.92 Å². The highest BCUT2D eigenvalue weighted by atomic mass is 32.1. The number of imidazole rings is 1. The van der Waals surface area contributed by atoms with E-state index in [1.807, 2.05) is 31.2 Å². The lowest BCUT2D eigenvalue weighted by Crippen LogP contribution is -2.14. The summed E-state index contributed by atoms with van der Waals surface area (Å²) >= 11 is 1.30. The fourth-order valence-electron chi connectivity index (χ4n) is 3.31. The van der Waals surface area contributed by atoms with E-state index in [0.717, 1.165) is 46.4 Å². The van der Waals surface area contributed by atoms with Crippen LogP contribution in [-0.2, 0) is 13.0 Å². The summed E-state index contributed by atoms with van der Waals surface area (Å²) in [6.07, 6.45) is 5.56. The molecule has 0 spiro atoms. The SMILES string of the molecule is CNc1snc(C)c1C(=O)Nc1cccc(-c2cn3c(n2)CCCC3)c1. The molecule has 7 heteroatoms. The molecular weight excluding hydrogens is 346 g/mol.